The maximum Gasteiger partial charge on any atom is 0.246 e. The topological polar surface area (TPSA) is 78.9 Å². The summed E-state index contributed by atoms with van der Waals surface area (Å²) in [7, 11) is 1.47. The monoisotopic (exact) mass is 326 g/mol. The number of carbonyl (C=O) groups excluding carboxylic acids is 2. The predicted molar refractivity (Wildman–Crippen MR) is 83.6 cm³/mol. The summed E-state index contributed by atoms with van der Waals surface area (Å²) in [6.07, 6.45) is 1.04. The number of hydrogen-bond acceptors (Lipinski definition) is 5. The average molecular weight is 326 g/mol. The van der Waals surface area contributed by atoms with Crippen LogP contribution in [0.4, 0.5) is 0 Å². The quantitative estimate of drug-likeness (QED) is 0.786. The second-order valence-electron chi connectivity index (χ2n) is 5.49. The van der Waals surface area contributed by atoms with E-state index < -0.39 is 0 Å². The molecule has 1 aliphatic rings. The molecule has 1 saturated heterocycles. The van der Waals surface area contributed by atoms with Gasteiger partial charge in [-0.25, -0.2) is 0 Å². The molecule has 1 fully saturated rings. The number of rotatable bonds is 6. The summed E-state index contributed by atoms with van der Waals surface area (Å²) in [5, 5.41) is 16.3. The van der Waals surface area contributed by atoms with Crippen molar-refractivity contribution in [3.63, 3.8) is 0 Å². The van der Waals surface area contributed by atoms with E-state index >= 15 is 0 Å². The third kappa shape index (κ3) is 4.53. The van der Waals surface area contributed by atoms with Crippen molar-refractivity contribution in [1.82, 2.24) is 10.2 Å². The van der Waals surface area contributed by atoms with Gasteiger partial charge in [0.05, 0.1) is 6.42 Å². The molecule has 0 bridgehead atoms. The first-order valence-corrected chi connectivity index (χ1v) is 8.26. The molecule has 22 heavy (non-hydrogen) atoms. The number of methoxy groups -OCH3 is 1. The van der Waals surface area contributed by atoms with Crippen LogP contribution in [0.3, 0.4) is 0 Å². The highest BCUT2D eigenvalue weighted by molar-refractivity contribution is 7.07. The minimum absolute atomic E-state index is 0.00937. The molecular weight excluding hydrogens is 304 g/mol. The summed E-state index contributed by atoms with van der Waals surface area (Å²) >= 11 is 1.58. The van der Waals surface area contributed by atoms with Crippen LogP contribution in [-0.4, -0.2) is 61.3 Å². The van der Waals surface area contributed by atoms with Gasteiger partial charge < -0.3 is 20.1 Å². The van der Waals surface area contributed by atoms with E-state index in [-0.39, 0.29) is 37.0 Å². The number of ether oxygens (including phenoxy) is 1. The van der Waals surface area contributed by atoms with Gasteiger partial charge in [-0.3, -0.25) is 9.59 Å². The second-order valence-corrected chi connectivity index (χ2v) is 6.27. The zero-order chi connectivity index (χ0) is 15.9. The highest BCUT2D eigenvalue weighted by Crippen LogP contribution is 2.18. The number of thiophene rings is 1. The van der Waals surface area contributed by atoms with Gasteiger partial charge in [0.2, 0.25) is 11.8 Å². The van der Waals surface area contributed by atoms with E-state index in [2.05, 4.69) is 5.32 Å². The second kappa shape index (κ2) is 8.26. The zero-order valence-electron chi connectivity index (χ0n) is 12.7. The van der Waals surface area contributed by atoms with Crippen LogP contribution < -0.4 is 5.32 Å². The summed E-state index contributed by atoms with van der Waals surface area (Å²) in [5.74, 6) is -0.261. The van der Waals surface area contributed by atoms with Gasteiger partial charge in [0.25, 0.3) is 0 Å². The molecular formula is C15H22N2O4S. The van der Waals surface area contributed by atoms with Crippen LogP contribution in [0.25, 0.3) is 0 Å². The minimum Gasteiger partial charge on any atom is -0.396 e. The third-order valence-corrected chi connectivity index (χ3v) is 4.61. The Balaban J connectivity index is 1.88. The molecule has 0 unspecified atom stereocenters. The van der Waals surface area contributed by atoms with Crippen LogP contribution >= 0.6 is 11.3 Å². The average Bonchev–Trinajstić information content (AvgIpc) is 3.00. The Morgan fingerprint density at radius 3 is 3.00 bits per heavy atom. The van der Waals surface area contributed by atoms with E-state index in [9.17, 15) is 14.7 Å². The van der Waals surface area contributed by atoms with Crippen molar-refractivity contribution in [2.24, 2.45) is 5.92 Å². The Kier molecular flexibility index (Phi) is 6.35. The standard InChI is InChI=1S/C15H22N2O4S/c1-21-9-14(19)16-13-2-4-17(7-12(13)8-18)15(20)6-11-3-5-22-10-11/h3,5,10,12-13,18H,2,4,6-9H2,1H3,(H,16,19)/t12-,13-/m1/s1. The van der Waals surface area contributed by atoms with Gasteiger partial charge in [0.15, 0.2) is 0 Å². The van der Waals surface area contributed by atoms with Crippen LogP contribution in [0.2, 0.25) is 0 Å². The maximum atomic E-state index is 12.3. The zero-order valence-corrected chi connectivity index (χ0v) is 13.5. The molecule has 1 aliphatic heterocycles. The molecule has 7 heteroatoms. The van der Waals surface area contributed by atoms with Crippen LogP contribution in [0, 0.1) is 5.92 Å². The fourth-order valence-corrected chi connectivity index (χ4v) is 3.36. The first kappa shape index (κ1) is 16.9. The Morgan fingerprint density at radius 2 is 2.36 bits per heavy atom. The predicted octanol–water partition coefficient (Wildman–Crippen LogP) is 0.263. The smallest absolute Gasteiger partial charge is 0.246 e. The van der Waals surface area contributed by atoms with Gasteiger partial charge >= 0.3 is 0 Å². The van der Waals surface area contributed by atoms with Gasteiger partial charge in [-0.2, -0.15) is 11.3 Å². The first-order valence-electron chi connectivity index (χ1n) is 7.32. The lowest BCUT2D eigenvalue weighted by atomic mass is 9.92. The molecule has 1 aromatic heterocycles. The van der Waals surface area contributed by atoms with Crippen LogP contribution in [0.1, 0.15) is 12.0 Å². The van der Waals surface area contributed by atoms with Crippen molar-refractivity contribution in [3.8, 4) is 0 Å². The number of hydrogen-bond donors (Lipinski definition) is 2. The number of likely N-dealkylation sites (tertiary alicyclic amines) is 1. The Morgan fingerprint density at radius 1 is 1.55 bits per heavy atom. The van der Waals surface area contributed by atoms with Crippen molar-refractivity contribution in [3.05, 3.63) is 22.4 Å². The SMILES string of the molecule is COCC(=O)N[C@@H]1CCN(C(=O)Cc2ccsc2)C[C@@H]1CO. The van der Waals surface area contributed by atoms with E-state index in [1.807, 2.05) is 16.8 Å². The molecule has 0 saturated carbocycles. The normalized spacial score (nSPS) is 21.6. The van der Waals surface area contributed by atoms with Gasteiger partial charge in [-0.15, -0.1) is 0 Å². The molecule has 0 aliphatic carbocycles. The summed E-state index contributed by atoms with van der Waals surface area (Å²) in [5.41, 5.74) is 1.02. The molecule has 1 aromatic rings. The number of piperidine rings is 1. The summed E-state index contributed by atoms with van der Waals surface area (Å²) in [4.78, 5) is 25.7. The largest absolute Gasteiger partial charge is 0.396 e. The minimum atomic E-state index is -0.191. The molecule has 2 rings (SSSR count). The van der Waals surface area contributed by atoms with Crippen molar-refractivity contribution < 1.29 is 19.4 Å². The maximum absolute atomic E-state index is 12.3. The molecule has 122 valence electrons. The molecule has 2 atom stereocenters. The van der Waals surface area contributed by atoms with Crippen molar-refractivity contribution >= 4 is 23.2 Å². The summed E-state index contributed by atoms with van der Waals surface area (Å²) in [6.45, 7) is 1.02. The molecule has 2 heterocycles. The number of amides is 2. The molecule has 6 nitrogen and oxygen atoms in total. The van der Waals surface area contributed by atoms with Crippen LogP contribution in [-0.2, 0) is 20.7 Å². The molecule has 0 radical (unpaired) electrons. The van der Waals surface area contributed by atoms with Gasteiger partial charge in [0, 0.05) is 38.8 Å². The van der Waals surface area contributed by atoms with E-state index in [4.69, 9.17) is 4.74 Å². The summed E-state index contributed by atoms with van der Waals surface area (Å²) < 4.78 is 4.79. The lowest BCUT2D eigenvalue weighted by molar-refractivity contribution is -0.133. The molecule has 2 N–H and O–H groups in total. The molecule has 0 aromatic carbocycles. The number of aliphatic hydroxyl groups excluding tert-OH is 1. The molecule has 0 spiro atoms. The van der Waals surface area contributed by atoms with Gasteiger partial charge in [0.1, 0.15) is 6.61 Å². The highest BCUT2D eigenvalue weighted by atomic mass is 32.1. The number of carbonyl (C=O) groups is 2. The number of aliphatic hydroxyl groups is 1. The van der Waals surface area contributed by atoms with Crippen molar-refractivity contribution in [1.29, 1.82) is 0 Å². The number of nitrogens with one attached hydrogen (secondary N) is 1. The van der Waals surface area contributed by atoms with Crippen LogP contribution in [0.15, 0.2) is 16.8 Å². The van der Waals surface area contributed by atoms with Crippen molar-refractivity contribution in [2.75, 3.05) is 33.4 Å². The fraction of sp³-hybridized carbons (Fsp3) is 0.600. The van der Waals surface area contributed by atoms with E-state index in [1.54, 1.807) is 16.2 Å². The highest BCUT2D eigenvalue weighted by Gasteiger charge is 2.31. The van der Waals surface area contributed by atoms with E-state index in [0.29, 0.717) is 25.9 Å². The van der Waals surface area contributed by atoms with Gasteiger partial charge in [-0.1, -0.05) is 0 Å². The van der Waals surface area contributed by atoms with Crippen LogP contribution in [0.5, 0.6) is 0 Å². The fourth-order valence-electron chi connectivity index (χ4n) is 2.69. The Bertz CT molecular complexity index is 492. The molecule has 2 amide bonds. The lowest BCUT2D eigenvalue weighted by Crippen LogP contribution is -2.54. The summed E-state index contributed by atoms with van der Waals surface area (Å²) in [6, 6.07) is 1.84. The first-order chi connectivity index (χ1) is 10.6. The Hall–Kier alpha value is -1.44. The number of nitrogens with zero attached hydrogens (tertiary/aromatic N) is 1. The van der Waals surface area contributed by atoms with Crippen molar-refractivity contribution in [2.45, 2.75) is 18.9 Å². The van der Waals surface area contributed by atoms with E-state index in [0.717, 1.165) is 5.56 Å². The third-order valence-electron chi connectivity index (χ3n) is 3.88. The Labute approximate surface area is 134 Å². The van der Waals surface area contributed by atoms with E-state index in [1.165, 1.54) is 7.11 Å². The van der Waals surface area contributed by atoms with Gasteiger partial charge in [-0.05, 0) is 28.8 Å². The lowest BCUT2D eigenvalue weighted by Gasteiger charge is -2.38.